The highest BCUT2D eigenvalue weighted by Crippen LogP contribution is 2.29. The largest absolute Gasteiger partial charge is 0.0588 e. The van der Waals surface area contributed by atoms with Gasteiger partial charge in [-0.25, -0.2) is 0 Å². The van der Waals surface area contributed by atoms with Crippen LogP contribution in [0.5, 0.6) is 0 Å². The van der Waals surface area contributed by atoms with Crippen LogP contribution >= 0.6 is 0 Å². The molecule has 1 aliphatic carbocycles. The van der Waals surface area contributed by atoms with Crippen LogP contribution in [0.1, 0.15) is 62.1 Å². The van der Waals surface area contributed by atoms with Crippen molar-refractivity contribution in [3.8, 4) is 0 Å². The first-order valence-electron chi connectivity index (χ1n) is 6.76. The Morgan fingerprint density at radius 2 is 1.88 bits per heavy atom. The monoisotopic (exact) mass is 216 g/mol. The Labute approximate surface area is 100 Å². The van der Waals surface area contributed by atoms with E-state index in [0.29, 0.717) is 5.92 Å². The number of aryl methyl sites for hydroxylation is 1. The normalized spacial score (nSPS) is 17.2. The van der Waals surface area contributed by atoms with Crippen LogP contribution in [0, 0.1) is 12.8 Å². The van der Waals surface area contributed by atoms with Crippen molar-refractivity contribution in [3.63, 3.8) is 0 Å². The van der Waals surface area contributed by atoms with E-state index in [0.717, 1.165) is 5.92 Å². The number of benzene rings is 1. The van der Waals surface area contributed by atoms with Crippen molar-refractivity contribution in [1.82, 2.24) is 0 Å². The maximum atomic E-state index is 2.44. The molecular weight excluding hydrogens is 192 g/mol. The first-order valence-corrected chi connectivity index (χ1v) is 6.76. The maximum Gasteiger partial charge on any atom is -0.0216 e. The Balaban J connectivity index is 2.12. The summed E-state index contributed by atoms with van der Waals surface area (Å²) in [6.45, 7) is 6.82. The zero-order valence-corrected chi connectivity index (χ0v) is 10.9. The van der Waals surface area contributed by atoms with Crippen molar-refractivity contribution in [2.45, 2.75) is 58.8 Å². The minimum absolute atomic E-state index is 0.656. The average molecular weight is 216 g/mol. The smallest absolute Gasteiger partial charge is 0.0216 e. The molecule has 0 nitrogen and oxygen atoms in total. The Bertz CT molecular complexity index is 343. The fourth-order valence-corrected chi connectivity index (χ4v) is 2.99. The van der Waals surface area contributed by atoms with Gasteiger partial charge >= 0.3 is 0 Å². The number of hydrogen-bond donors (Lipinski definition) is 0. The third-order valence-electron chi connectivity index (χ3n) is 3.96. The van der Waals surface area contributed by atoms with Gasteiger partial charge in [0.05, 0.1) is 0 Å². The Morgan fingerprint density at radius 1 is 1.19 bits per heavy atom. The van der Waals surface area contributed by atoms with Crippen molar-refractivity contribution in [1.29, 1.82) is 0 Å². The van der Waals surface area contributed by atoms with Crippen molar-refractivity contribution < 1.29 is 0 Å². The van der Waals surface area contributed by atoms with Crippen LogP contribution < -0.4 is 0 Å². The lowest BCUT2D eigenvalue weighted by Crippen LogP contribution is -2.01. The molecule has 0 amide bonds. The van der Waals surface area contributed by atoms with Crippen LogP contribution in [0.15, 0.2) is 18.2 Å². The molecule has 2 rings (SSSR count). The first-order chi connectivity index (χ1) is 7.66. The van der Waals surface area contributed by atoms with Crippen molar-refractivity contribution in [2.24, 2.45) is 5.92 Å². The quantitative estimate of drug-likeness (QED) is 0.677. The van der Waals surface area contributed by atoms with E-state index in [2.05, 4.69) is 39.0 Å². The maximum absolute atomic E-state index is 2.44. The summed E-state index contributed by atoms with van der Waals surface area (Å²) in [7, 11) is 0. The van der Waals surface area contributed by atoms with E-state index in [1.807, 2.05) is 0 Å². The van der Waals surface area contributed by atoms with E-state index in [9.17, 15) is 0 Å². The van der Waals surface area contributed by atoms with Crippen LogP contribution in [-0.2, 0) is 6.42 Å². The predicted molar refractivity (Wildman–Crippen MR) is 70.9 cm³/mol. The molecule has 0 N–H and O–H groups in total. The minimum Gasteiger partial charge on any atom is -0.0588 e. The van der Waals surface area contributed by atoms with E-state index in [-0.39, 0.29) is 0 Å². The van der Waals surface area contributed by atoms with E-state index >= 15 is 0 Å². The van der Waals surface area contributed by atoms with Crippen molar-refractivity contribution in [3.05, 3.63) is 34.9 Å². The molecule has 0 radical (unpaired) electrons. The zero-order valence-electron chi connectivity index (χ0n) is 10.9. The van der Waals surface area contributed by atoms with Gasteiger partial charge in [-0.05, 0) is 41.9 Å². The molecule has 0 heterocycles. The van der Waals surface area contributed by atoms with E-state index in [1.165, 1.54) is 43.2 Å². The molecule has 0 atom stereocenters. The lowest BCUT2D eigenvalue weighted by molar-refractivity contribution is 0.546. The van der Waals surface area contributed by atoms with Gasteiger partial charge in [0, 0.05) is 0 Å². The fraction of sp³-hybridized carbons (Fsp3) is 0.625. The summed E-state index contributed by atoms with van der Waals surface area (Å²) in [5.74, 6) is 1.62. The van der Waals surface area contributed by atoms with Crippen molar-refractivity contribution in [2.75, 3.05) is 0 Å². The summed E-state index contributed by atoms with van der Waals surface area (Å²) >= 11 is 0. The van der Waals surface area contributed by atoms with Gasteiger partial charge < -0.3 is 0 Å². The molecular formula is C16H24. The third-order valence-corrected chi connectivity index (χ3v) is 3.96. The predicted octanol–water partition coefficient (Wildman–Crippen LogP) is 4.85. The molecule has 16 heavy (non-hydrogen) atoms. The number of rotatable bonds is 3. The number of hydrogen-bond acceptors (Lipinski definition) is 0. The first kappa shape index (κ1) is 11.7. The zero-order chi connectivity index (χ0) is 11.5. The topological polar surface area (TPSA) is 0 Å². The SMILES string of the molecule is Cc1ccc(CC2CCCC2)cc1C(C)C. The van der Waals surface area contributed by atoms with Gasteiger partial charge in [0.2, 0.25) is 0 Å². The Kier molecular flexibility index (Phi) is 3.68. The van der Waals surface area contributed by atoms with Gasteiger partial charge in [0.1, 0.15) is 0 Å². The molecule has 0 bridgehead atoms. The standard InChI is InChI=1S/C16H24/c1-12(2)16-11-15(9-8-13(16)3)10-14-6-4-5-7-14/h8-9,11-12,14H,4-7,10H2,1-3H3. The minimum atomic E-state index is 0.656. The molecule has 0 spiro atoms. The van der Waals surface area contributed by atoms with Gasteiger partial charge in [-0.2, -0.15) is 0 Å². The highest BCUT2D eigenvalue weighted by atomic mass is 14.2. The molecule has 1 saturated carbocycles. The summed E-state index contributed by atoms with van der Waals surface area (Å²) in [5, 5.41) is 0. The molecule has 0 unspecified atom stereocenters. The van der Waals surface area contributed by atoms with Gasteiger partial charge in [0.15, 0.2) is 0 Å². The summed E-state index contributed by atoms with van der Waals surface area (Å²) in [5.41, 5.74) is 4.54. The molecule has 1 aromatic rings. The summed E-state index contributed by atoms with van der Waals surface area (Å²) in [4.78, 5) is 0. The molecule has 0 aromatic heterocycles. The van der Waals surface area contributed by atoms with Crippen LogP contribution in [0.4, 0.5) is 0 Å². The second-order valence-electron chi connectivity index (χ2n) is 5.70. The van der Waals surface area contributed by atoms with E-state index in [1.54, 1.807) is 5.56 Å². The van der Waals surface area contributed by atoms with Gasteiger partial charge in [-0.15, -0.1) is 0 Å². The second-order valence-corrected chi connectivity index (χ2v) is 5.70. The molecule has 88 valence electrons. The Morgan fingerprint density at radius 3 is 2.50 bits per heavy atom. The van der Waals surface area contributed by atoms with Crippen molar-refractivity contribution >= 4 is 0 Å². The van der Waals surface area contributed by atoms with Crippen LogP contribution in [-0.4, -0.2) is 0 Å². The molecule has 0 aliphatic heterocycles. The van der Waals surface area contributed by atoms with Gasteiger partial charge in [-0.1, -0.05) is 57.7 Å². The second kappa shape index (κ2) is 5.03. The average Bonchev–Trinajstić information content (AvgIpc) is 2.73. The fourth-order valence-electron chi connectivity index (χ4n) is 2.99. The van der Waals surface area contributed by atoms with Gasteiger partial charge in [0.25, 0.3) is 0 Å². The third kappa shape index (κ3) is 2.66. The molecule has 1 aliphatic rings. The Hall–Kier alpha value is -0.780. The van der Waals surface area contributed by atoms with E-state index in [4.69, 9.17) is 0 Å². The summed E-state index contributed by atoms with van der Waals surface area (Å²) < 4.78 is 0. The molecule has 0 heteroatoms. The summed E-state index contributed by atoms with van der Waals surface area (Å²) in [6.07, 6.45) is 7.11. The highest BCUT2D eigenvalue weighted by Gasteiger charge is 2.15. The lowest BCUT2D eigenvalue weighted by Gasteiger charge is -2.14. The van der Waals surface area contributed by atoms with Crippen LogP contribution in [0.3, 0.4) is 0 Å². The van der Waals surface area contributed by atoms with Gasteiger partial charge in [-0.3, -0.25) is 0 Å². The van der Waals surface area contributed by atoms with Crippen LogP contribution in [0.2, 0.25) is 0 Å². The van der Waals surface area contributed by atoms with Crippen LogP contribution in [0.25, 0.3) is 0 Å². The molecule has 1 fully saturated rings. The highest BCUT2D eigenvalue weighted by molar-refractivity contribution is 5.33. The lowest BCUT2D eigenvalue weighted by atomic mass is 9.91. The van der Waals surface area contributed by atoms with E-state index < -0.39 is 0 Å². The molecule has 1 aromatic carbocycles. The molecule has 0 saturated heterocycles. The summed E-state index contributed by atoms with van der Waals surface area (Å²) in [6, 6.07) is 7.08.